The molecule has 6 nitrogen and oxygen atoms in total. The van der Waals surface area contributed by atoms with Gasteiger partial charge in [0.05, 0.1) is 26.7 Å². The third-order valence-corrected chi connectivity index (χ3v) is 3.73. The molecule has 0 amide bonds. The van der Waals surface area contributed by atoms with Gasteiger partial charge in [-0.1, -0.05) is 11.6 Å². The highest BCUT2D eigenvalue weighted by atomic mass is 35.5. The van der Waals surface area contributed by atoms with Gasteiger partial charge in [0.2, 0.25) is 5.82 Å². The number of hydrogen-bond acceptors (Lipinski definition) is 5. The van der Waals surface area contributed by atoms with Crippen LogP contribution in [0.25, 0.3) is 10.9 Å². The van der Waals surface area contributed by atoms with Gasteiger partial charge in [0.1, 0.15) is 11.9 Å². The van der Waals surface area contributed by atoms with Crippen molar-refractivity contribution in [2.24, 2.45) is 0 Å². The van der Waals surface area contributed by atoms with Crippen molar-refractivity contribution < 1.29 is 13.7 Å². The third kappa shape index (κ3) is 3.05. The van der Waals surface area contributed by atoms with E-state index in [1.165, 1.54) is 18.3 Å². The molecule has 1 N–H and O–H groups in total. The number of nitro benzene ring substituents is 1. The fourth-order valence-corrected chi connectivity index (χ4v) is 2.46. The lowest BCUT2D eigenvalue weighted by Crippen LogP contribution is -1.99. The Morgan fingerprint density at radius 1 is 1.24 bits per heavy atom. The van der Waals surface area contributed by atoms with E-state index in [-0.39, 0.29) is 27.2 Å². The van der Waals surface area contributed by atoms with Gasteiger partial charge < -0.3 is 5.32 Å². The van der Waals surface area contributed by atoms with E-state index in [1.54, 1.807) is 0 Å². The number of nitrogens with zero attached hydrogens (tertiary/aromatic N) is 3. The summed E-state index contributed by atoms with van der Waals surface area (Å²) in [5.74, 6) is -1.66. The molecule has 1 aromatic heterocycles. The lowest BCUT2D eigenvalue weighted by molar-refractivity contribution is -0.387. The average molecular weight is 361 g/mol. The zero-order chi connectivity index (χ0) is 18.1. The van der Waals surface area contributed by atoms with Crippen LogP contribution in [0.2, 0.25) is 5.02 Å². The van der Waals surface area contributed by atoms with Crippen molar-refractivity contribution in [3.63, 3.8) is 0 Å². The second-order valence-corrected chi connectivity index (χ2v) is 5.40. The first-order chi connectivity index (χ1) is 11.9. The minimum Gasteiger partial charge on any atom is -0.354 e. The van der Waals surface area contributed by atoms with Crippen molar-refractivity contribution in [1.82, 2.24) is 4.98 Å². The predicted molar refractivity (Wildman–Crippen MR) is 87.8 cm³/mol. The van der Waals surface area contributed by atoms with Crippen LogP contribution in [-0.4, -0.2) is 9.91 Å². The number of anilines is 2. The molecule has 1 heterocycles. The van der Waals surface area contributed by atoms with Crippen LogP contribution < -0.4 is 5.32 Å². The zero-order valence-electron chi connectivity index (χ0n) is 12.3. The van der Waals surface area contributed by atoms with E-state index >= 15 is 0 Å². The summed E-state index contributed by atoms with van der Waals surface area (Å²) in [6, 6.07) is 7.61. The molecule has 25 heavy (non-hydrogen) atoms. The van der Waals surface area contributed by atoms with Crippen LogP contribution in [-0.2, 0) is 0 Å². The second kappa shape index (κ2) is 6.30. The molecule has 0 atom stereocenters. The van der Waals surface area contributed by atoms with Crippen molar-refractivity contribution in [3.8, 4) is 6.07 Å². The first-order valence-corrected chi connectivity index (χ1v) is 7.17. The Kier molecular flexibility index (Phi) is 4.17. The first-order valence-electron chi connectivity index (χ1n) is 6.79. The van der Waals surface area contributed by atoms with Crippen LogP contribution in [0.15, 0.2) is 36.5 Å². The van der Waals surface area contributed by atoms with Crippen molar-refractivity contribution >= 4 is 39.6 Å². The van der Waals surface area contributed by atoms with E-state index in [0.29, 0.717) is 5.69 Å². The van der Waals surface area contributed by atoms with E-state index in [0.717, 1.165) is 18.2 Å². The fourth-order valence-electron chi connectivity index (χ4n) is 2.28. The molecule has 0 saturated carbocycles. The van der Waals surface area contributed by atoms with Gasteiger partial charge in [0.25, 0.3) is 0 Å². The van der Waals surface area contributed by atoms with Gasteiger partial charge in [-0.2, -0.15) is 9.65 Å². The summed E-state index contributed by atoms with van der Waals surface area (Å²) in [7, 11) is 0. The summed E-state index contributed by atoms with van der Waals surface area (Å²) in [5.41, 5.74) is -0.0168. The quantitative estimate of drug-likeness (QED) is 0.540. The Morgan fingerprint density at radius 2 is 2.00 bits per heavy atom. The zero-order valence-corrected chi connectivity index (χ0v) is 13.0. The summed E-state index contributed by atoms with van der Waals surface area (Å²) >= 11 is 5.73. The molecule has 0 aliphatic rings. The molecule has 124 valence electrons. The fraction of sp³-hybridized carbons (Fsp3) is 0. The van der Waals surface area contributed by atoms with E-state index in [9.17, 15) is 24.2 Å². The van der Waals surface area contributed by atoms with E-state index in [4.69, 9.17) is 11.6 Å². The van der Waals surface area contributed by atoms with Crippen LogP contribution in [0.5, 0.6) is 0 Å². The number of hydrogen-bond donors (Lipinski definition) is 1. The topological polar surface area (TPSA) is 91.8 Å². The number of nitro groups is 1. The van der Waals surface area contributed by atoms with Crippen LogP contribution >= 0.6 is 11.6 Å². The molecule has 0 unspecified atom stereocenters. The van der Waals surface area contributed by atoms with Gasteiger partial charge in [0, 0.05) is 29.4 Å². The van der Waals surface area contributed by atoms with Crippen LogP contribution in [0, 0.1) is 33.1 Å². The highest BCUT2D eigenvalue weighted by Gasteiger charge is 2.19. The molecule has 2 aromatic carbocycles. The van der Waals surface area contributed by atoms with Crippen molar-refractivity contribution in [2.75, 3.05) is 5.32 Å². The lowest BCUT2D eigenvalue weighted by atomic mass is 10.1. The Labute approximate surface area is 144 Å². The standard InChI is InChI=1S/C16H7ClF2N4O2/c17-11-3-9(1-2-12(11)18)22-16-8(6-20)7-21-14-5-13(19)15(23(24)25)4-10(14)16/h1-5,7H,(H,21,22). The number of rotatable bonds is 3. The summed E-state index contributed by atoms with van der Waals surface area (Å²) < 4.78 is 27.1. The van der Waals surface area contributed by atoms with Crippen LogP contribution in [0.4, 0.5) is 25.8 Å². The van der Waals surface area contributed by atoms with E-state index in [1.807, 2.05) is 6.07 Å². The summed E-state index contributed by atoms with van der Waals surface area (Å²) in [6.45, 7) is 0. The molecule has 0 spiro atoms. The monoisotopic (exact) mass is 360 g/mol. The molecule has 0 fully saturated rings. The molecule has 9 heteroatoms. The number of halogens is 3. The molecule has 0 bridgehead atoms. The van der Waals surface area contributed by atoms with E-state index in [2.05, 4.69) is 10.3 Å². The Balaban J connectivity index is 2.23. The molecule has 0 saturated heterocycles. The molecule has 0 radical (unpaired) electrons. The maximum absolute atomic E-state index is 13.8. The Morgan fingerprint density at radius 3 is 2.64 bits per heavy atom. The minimum absolute atomic E-state index is 0.0776. The number of nitrogens with one attached hydrogen (secondary N) is 1. The summed E-state index contributed by atoms with van der Waals surface area (Å²) in [4.78, 5) is 14.0. The molecule has 0 aliphatic heterocycles. The Bertz CT molecular complexity index is 1070. The third-order valence-electron chi connectivity index (χ3n) is 3.44. The summed E-state index contributed by atoms with van der Waals surface area (Å²) in [5, 5.41) is 23.1. The number of pyridine rings is 1. The Hall–Kier alpha value is -3.31. The van der Waals surface area contributed by atoms with Crippen molar-refractivity contribution in [1.29, 1.82) is 5.26 Å². The average Bonchev–Trinajstić information content (AvgIpc) is 2.57. The molecule has 3 aromatic rings. The van der Waals surface area contributed by atoms with E-state index < -0.39 is 22.2 Å². The minimum atomic E-state index is -1.04. The SMILES string of the molecule is N#Cc1cnc2cc(F)c([N+](=O)[O-])cc2c1Nc1ccc(F)c(Cl)c1. The molecule has 0 aliphatic carbocycles. The summed E-state index contributed by atoms with van der Waals surface area (Å²) in [6.07, 6.45) is 1.21. The highest BCUT2D eigenvalue weighted by Crippen LogP contribution is 2.33. The van der Waals surface area contributed by atoms with Crippen LogP contribution in [0.3, 0.4) is 0 Å². The maximum atomic E-state index is 13.8. The number of fused-ring (bicyclic) bond motifs is 1. The molecule has 3 rings (SSSR count). The number of nitriles is 1. The van der Waals surface area contributed by atoms with Gasteiger partial charge in [0.15, 0.2) is 0 Å². The molecular weight excluding hydrogens is 354 g/mol. The predicted octanol–water partition coefficient (Wildman–Crippen LogP) is 4.69. The number of aromatic nitrogens is 1. The second-order valence-electron chi connectivity index (χ2n) is 4.99. The largest absolute Gasteiger partial charge is 0.354 e. The highest BCUT2D eigenvalue weighted by molar-refractivity contribution is 6.31. The number of benzene rings is 2. The van der Waals surface area contributed by atoms with Crippen molar-refractivity contribution in [2.45, 2.75) is 0 Å². The van der Waals surface area contributed by atoms with Gasteiger partial charge in [-0.25, -0.2) is 4.39 Å². The lowest BCUT2D eigenvalue weighted by Gasteiger charge is -2.12. The normalized spacial score (nSPS) is 10.5. The van der Waals surface area contributed by atoms with Gasteiger partial charge in [-0.05, 0) is 18.2 Å². The smallest absolute Gasteiger partial charge is 0.305 e. The van der Waals surface area contributed by atoms with Gasteiger partial charge in [-0.15, -0.1) is 0 Å². The van der Waals surface area contributed by atoms with Gasteiger partial charge in [-0.3, -0.25) is 15.1 Å². The van der Waals surface area contributed by atoms with Gasteiger partial charge >= 0.3 is 5.69 Å². The first kappa shape index (κ1) is 16.5. The van der Waals surface area contributed by atoms with Crippen LogP contribution in [0.1, 0.15) is 5.56 Å². The maximum Gasteiger partial charge on any atom is 0.305 e. The van der Waals surface area contributed by atoms with Crippen molar-refractivity contribution in [3.05, 3.63) is 68.9 Å². The molecular formula is C16H7ClF2N4O2.